The zero-order chi connectivity index (χ0) is 6.85. The molecule has 1 fully saturated rings. The first-order chi connectivity index (χ1) is 4.22. The minimum atomic E-state index is -0.347. The van der Waals surface area contributed by atoms with E-state index in [2.05, 4.69) is 5.32 Å². The molecule has 4 heteroatoms. The van der Waals surface area contributed by atoms with Gasteiger partial charge in [0.15, 0.2) is 0 Å². The molecular formula is C5H11N3O. The van der Waals surface area contributed by atoms with E-state index in [1.165, 1.54) is 0 Å². The van der Waals surface area contributed by atoms with Crippen LogP contribution in [0, 0.1) is 0 Å². The molecule has 0 saturated carbocycles. The van der Waals surface area contributed by atoms with Crippen molar-refractivity contribution in [1.29, 1.82) is 0 Å². The van der Waals surface area contributed by atoms with Crippen molar-refractivity contribution >= 4 is 5.91 Å². The van der Waals surface area contributed by atoms with Gasteiger partial charge in [-0.25, -0.2) is 0 Å². The van der Waals surface area contributed by atoms with Gasteiger partial charge in [0.2, 0.25) is 5.91 Å². The smallest absolute Gasteiger partial charge is 0.236 e. The number of rotatable bonds is 1. The van der Waals surface area contributed by atoms with Gasteiger partial charge in [0.25, 0.3) is 0 Å². The zero-order valence-electron chi connectivity index (χ0n) is 5.13. The lowest BCUT2D eigenvalue weighted by molar-refractivity contribution is -0.119. The molecule has 0 aromatic carbocycles. The Kier molecular flexibility index (Phi) is 1.68. The van der Waals surface area contributed by atoms with Crippen molar-refractivity contribution in [2.24, 2.45) is 11.5 Å². The van der Waals surface area contributed by atoms with E-state index in [4.69, 9.17) is 11.5 Å². The standard InChI is InChI=1S/C5H11N3O/c6-3-1-2-8-4(3)5(7)9/h3-4,8H,1-2,6H2,(H2,7,9)/t3?,4-/m0/s1. The molecule has 1 aliphatic rings. The van der Waals surface area contributed by atoms with Crippen LogP contribution >= 0.6 is 0 Å². The average Bonchev–Trinajstić information content (AvgIpc) is 2.13. The largest absolute Gasteiger partial charge is 0.368 e. The minimum absolute atomic E-state index is 0.0810. The highest BCUT2D eigenvalue weighted by atomic mass is 16.1. The number of nitrogens with one attached hydrogen (secondary N) is 1. The Morgan fingerprint density at radius 2 is 2.33 bits per heavy atom. The highest BCUT2D eigenvalue weighted by Gasteiger charge is 2.27. The lowest BCUT2D eigenvalue weighted by atomic mass is 10.1. The number of carbonyl (C=O) groups is 1. The lowest BCUT2D eigenvalue weighted by Gasteiger charge is -2.09. The first-order valence-electron chi connectivity index (χ1n) is 3.00. The van der Waals surface area contributed by atoms with E-state index >= 15 is 0 Å². The van der Waals surface area contributed by atoms with E-state index in [1.54, 1.807) is 0 Å². The molecule has 1 heterocycles. The Bertz CT molecular complexity index is 125. The molecule has 52 valence electrons. The molecular weight excluding hydrogens is 118 g/mol. The second-order valence-electron chi connectivity index (χ2n) is 2.29. The van der Waals surface area contributed by atoms with Crippen LogP contribution in [0.15, 0.2) is 0 Å². The molecule has 1 saturated heterocycles. The molecule has 1 amide bonds. The van der Waals surface area contributed by atoms with E-state index in [0.29, 0.717) is 0 Å². The molecule has 0 radical (unpaired) electrons. The van der Waals surface area contributed by atoms with Gasteiger partial charge in [0, 0.05) is 6.04 Å². The Labute approximate surface area is 53.6 Å². The van der Waals surface area contributed by atoms with Crippen LogP contribution in [-0.4, -0.2) is 24.5 Å². The van der Waals surface area contributed by atoms with Gasteiger partial charge in [0.1, 0.15) is 6.04 Å². The number of hydrogen-bond donors (Lipinski definition) is 3. The van der Waals surface area contributed by atoms with Crippen molar-refractivity contribution in [3.63, 3.8) is 0 Å². The van der Waals surface area contributed by atoms with E-state index in [1.807, 2.05) is 0 Å². The first-order valence-corrected chi connectivity index (χ1v) is 3.00. The SMILES string of the molecule is NC(=O)[C@H]1NCCC1N. The summed E-state index contributed by atoms with van der Waals surface area (Å²) in [6.07, 6.45) is 0.841. The molecule has 2 atom stereocenters. The number of hydrogen-bond acceptors (Lipinski definition) is 3. The lowest BCUT2D eigenvalue weighted by Crippen LogP contribution is -2.46. The Hall–Kier alpha value is -0.610. The van der Waals surface area contributed by atoms with Crippen molar-refractivity contribution in [3.8, 4) is 0 Å². The molecule has 1 unspecified atom stereocenters. The molecule has 4 nitrogen and oxygen atoms in total. The second-order valence-corrected chi connectivity index (χ2v) is 2.29. The van der Waals surface area contributed by atoms with Gasteiger partial charge in [-0.2, -0.15) is 0 Å². The third-order valence-corrected chi connectivity index (χ3v) is 1.58. The summed E-state index contributed by atoms with van der Waals surface area (Å²) in [4.78, 5) is 10.5. The molecule has 0 aliphatic carbocycles. The molecule has 1 rings (SSSR count). The normalized spacial score (nSPS) is 34.8. The molecule has 9 heavy (non-hydrogen) atoms. The van der Waals surface area contributed by atoms with Crippen molar-refractivity contribution < 1.29 is 4.79 Å². The quantitative estimate of drug-likeness (QED) is 0.389. The number of carbonyl (C=O) groups excluding carboxylic acids is 1. The highest BCUT2D eigenvalue weighted by Crippen LogP contribution is 2.02. The first kappa shape index (κ1) is 6.51. The van der Waals surface area contributed by atoms with Crippen molar-refractivity contribution in [3.05, 3.63) is 0 Å². The second kappa shape index (κ2) is 2.33. The van der Waals surface area contributed by atoms with Gasteiger partial charge in [-0.05, 0) is 13.0 Å². The minimum Gasteiger partial charge on any atom is -0.368 e. The number of amides is 1. The zero-order valence-corrected chi connectivity index (χ0v) is 5.13. The van der Waals surface area contributed by atoms with Crippen molar-refractivity contribution in [2.45, 2.75) is 18.5 Å². The molecule has 1 aliphatic heterocycles. The maximum absolute atomic E-state index is 10.5. The third kappa shape index (κ3) is 1.20. The van der Waals surface area contributed by atoms with Crippen LogP contribution in [0.5, 0.6) is 0 Å². The summed E-state index contributed by atoms with van der Waals surface area (Å²) in [5.74, 6) is -0.347. The van der Waals surface area contributed by atoms with E-state index < -0.39 is 0 Å². The van der Waals surface area contributed by atoms with Gasteiger partial charge in [-0.15, -0.1) is 0 Å². The van der Waals surface area contributed by atoms with E-state index in [0.717, 1.165) is 13.0 Å². The van der Waals surface area contributed by atoms with Gasteiger partial charge in [0.05, 0.1) is 0 Å². The fourth-order valence-corrected chi connectivity index (χ4v) is 1.04. The van der Waals surface area contributed by atoms with Gasteiger partial charge in [-0.1, -0.05) is 0 Å². The molecule has 0 aromatic rings. The van der Waals surface area contributed by atoms with Crippen LogP contribution in [0.1, 0.15) is 6.42 Å². The Balaban J connectivity index is 2.49. The Morgan fingerprint density at radius 1 is 1.67 bits per heavy atom. The summed E-state index contributed by atoms with van der Waals surface area (Å²) in [6.45, 7) is 0.800. The van der Waals surface area contributed by atoms with Crippen LogP contribution in [-0.2, 0) is 4.79 Å². The molecule has 0 spiro atoms. The van der Waals surface area contributed by atoms with Crippen LogP contribution in [0.3, 0.4) is 0 Å². The topological polar surface area (TPSA) is 81.1 Å². The van der Waals surface area contributed by atoms with Crippen LogP contribution in [0.4, 0.5) is 0 Å². The highest BCUT2D eigenvalue weighted by molar-refractivity contribution is 5.81. The van der Waals surface area contributed by atoms with Crippen molar-refractivity contribution in [2.75, 3.05) is 6.54 Å². The summed E-state index contributed by atoms with van der Waals surface area (Å²) in [5, 5.41) is 2.91. The predicted molar refractivity (Wildman–Crippen MR) is 33.6 cm³/mol. The predicted octanol–water partition coefficient (Wildman–Crippen LogP) is -1.84. The monoisotopic (exact) mass is 129 g/mol. The summed E-state index contributed by atoms with van der Waals surface area (Å²) in [5.41, 5.74) is 10.5. The van der Waals surface area contributed by atoms with Crippen LogP contribution in [0.2, 0.25) is 0 Å². The maximum Gasteiger partial charge on any atom is 0.236 e. The summed E-state index contributed by atoms with van der Waals surface area (Å²) < 4.78 is 0. The summed E-state index contributed by atoms with van der Waals surface area (Å²) >= 11 is 0. The maximum atomic E-state index is 10.5. The summed E-state index contributed by atoms with van der Waals surface area (Å²) in [7, 11) is 0. The van der Waals surface area contributed by atoms with Gasteiger partial charge < -0.3 is 16.8 Å². The van der Waals surface area contributed by atoms with Crippen molar-refractivity contribution in [1.82, 2.24) is 5.32 Å². The third-order valence-electron chi connectivity index (χ3n) is 1.58. The average molecular weight is 129 g/mol. The molecule has 5 N–H and O–H groups in total. The fourth-order valence-electron chi connectivity index (χ4n) is 1.04. The van der Waals surface area contributed by atoms with E-state index in [-0.39, 0.29) is 18.0 Å². The summed E-state index contributed by atoms with van der Waals surface area (Å²) in [6, 6.07) is -0.382. The Morgan fingerprint density at radius 3 is 2.56 bits per heavy atom. The van der Waals surface area contributed by atoms with E-state index in [9.17, 15) is 4.79 Å². The molecule has 0 aromatic heterocycles. The van der Waals surface area contributed by atoms with Gasteiger partial charge in [-0.3, -0.25) is 4.79 Å². The number of primary amides is 1. The van der Waals surface area contributed by atoms with Gasteiger partial charge >= 0.3 is 0 Å². The van der Waals surface area contributed by atoms with Crippen LogP contribution in [0.25, 0.3) is 0 Å². The molecule has 0 bridgehead atoms. The fraction of sp³-hybridized carbons (Fsp3) is 0.800. The van der Waals surface area contributed by atoms with Crippen LogP contribution < -0.4 is 16.8 Å². The number of nitrogens with two attached hydrogens (primary N) is 2.